The molecule has 0 unspecified atom stereocenters. The third kappa shape index (κ3) is 3.06. The summed E-state index contributed by atoms with van der Waals surface area (Å²) < 4.78 is 0. The average Bonchev–Trinajstić information content (AvgIpc) is 2.25. The summed E-state index contributed by atoms with van der Waals surface area (Å²) in [6.07, 6.45) is 8.86. The Kier molecular flexibility index (Phi) is 4.49. The van der Waals surface area contributed by atoms with Crippen LogP contribution in [0.4, 0.5) is 0 Å². The fraction of sp³-hybridized carbons (Fsp3) is 0.143. The SMILES string of the molecule is C=C/C=C/[C@H](CC=C)c1ccccc1. The zero-order valence-corrected chi connectivity index (χ0v) is 8.39. The van der Waals surface area contributed by atoms with E-state index in [1.54, 1.807) is 6.08 Å². The molecule has 0 saturated carbocycles. The van der Waals surface area contributed by atoms with Gasteiger partial charge in [-0.05, 0) is 12.0 Å². The Morgan fingerprint density at radius 3 is 2.43 bits per heavy atom. The number of rotatable bonds is 5. The quantitative estimate of drug-likeness (QED) is 0.477. The van der Waals surface area contributed by atoms with Crippen LogP contribution in [0.1, 0.15) is 17.9 Å². The van der Waals surface area contributed by atoms with Gasteiger partial charge in [-0.3, -0.25) is 0 Å². The summed E-state index contributed by atoms with van der Waals surface area (Å²) in [5, 5.41) is 0. The van der Waals surface area contributed by atoms with Crippen molar-refractivity contribution in [1.29, 1.82) is 0 Å². The van der Waals surface area contributed by atoms with Crippen molar-refractivity contribution in [2.45, 2.75) is 12.3 Å². The van der Waals surface area contributed by atoms with Gasteiger partial charge < -0.3 is 0 Å². The number of hydrogen-bond acceptors (Lipinski definition) is 0. The molecule has 0 aromatic heterocycles. The molecule has 0 heteroatoms. The number of hydrogen-bond donors (Lipinski definition) is 0. The van der Waals surface area contributed by atoms with Crippen molar-refractivity contribution in [3.8, 4) is 0 Å². The van der Waals surface area contributed by atoms with Crippen molar-refractivity contribution >= 4 is 0 Å². The minimum Gasteiger partial charge on any atom is -0.103 e. The van der Waals surface area contributed by atoms with Gasteiger partial charge in [0.15, 0.2) is 0 Å². The molecule has 1 atom stereocenters. The van der Waals surface area contributed by atoms with Crippen LogP contribution in [0.3, 0.4) is 0 Å². The van der Waals surface area contributed by atoms with E-state index in [0.29, 0.717) is 5.92 Å². The highest BCUT2D eigenvalue weighted by atomic mass is 14.1. The first-order chi connectivity index (χ1) is 6.88. The minimum atomic E-state index is 0.423. The van der Waals surface area contributed by atoms with E-state index in [1.165, 1.54) is 5.56 Å². The van der Waals surface area contributed by atoms with Crippen LogP contribution in [0.5, 0.6) is 0 Å². The molecule has 0 saturated heterocycles. The lowest BCUT2D eigenvalue weighted by molar-refractivity contribution is 0.865. The summed E-state index contributed by atoms with van der Waals surface area (Å²) in [5.41, 5.74) is 1.32. The summed E-state index contributed by atoms with van der Waals surface area (Å²) >= 11 is 0. The Balaban J connectivity index is 2.82. The highest BCUT2D eigenvalue weighted by Gasteiger charge is 2.03. The molecule has 0 nitrogen and oxygen atoms in total. The first-order valence-electron chi connectivity index (χ1n) is 4.83. The van der Waals surface area contributed by atoms with Crippen LogP contribution in [0.25, 0.3) is 0 Å². The highest BCUT2D eigenvalue weighted by molar-refractivity contribution is 5.25. The molecule has 0 amide bonds. The second-order valence-corrected chi connectivity index (χ2v) is 3.16. The van der Waals surface area contributed by atoms with Crippen LogP contribution in [-0.4, -0.2) is 0 Å². The van der Waals surface area contributed by atoms with Crippen LogP contribution in [0.15, 0.2) is 67.8 Å². The van der Waals surface area contributed by atoms with E-state index in [4.69, 9.17) is 0 Å². The zero-order chi connectivity index (χ0) is 10.2. The normalized spacial score (nSPS) is 12.6. The molecule has 1 aromatic carbocycles. The van der Waals surface area contributed by atoms with Crippen molar-refractivity contribution in [3.63, 3.8) is 0 Å². The zero-order valence-electron chi connectivity index (χ0n) is 8.39. The summed E-state index contributed by atoms with van der Waals surface area (Å²) in [7, 11) is 0. The van der Waals surface area contributed by atoms with E-state index in [9.17, 15) is 0 Å². The Labute approximate surface area is 86.3 Å². The van der Waals surface area contributed by atoms with Gasteiger partial charge in [0.25, 0.3) is 0 Å². The molecule has 0 spiro atoms. The van der Waals surface area contributed by atoms with Crippen molar-refractivity contribution in [1.82, 2.24) is 0 Å². The van der Waals surface area contributed by atoms with Crippen molar-refractivity contribution in [3.05, 3.63) is 73.4 Å². The number of allylic oxidation sites excluding steroid dienone is 4. The molecule has 0 heterocycles. The smallest absolute Gasteiger partial charge is 0.00554 e. The Hall–Kier alpha value is -1.56. The van der Waals surface area contributed by atoms with Crippen molar-refractivity contribution in [2.24, 2.45) is 0 Å². The van der Waals surface area contributed by atoms with E-state index in [-0.39, 0.29) is 0 Å². The van der Waals surface area contributed by atoms with Gasteiger partial charge in [-0.15, -0.1) is 6.58 Å². The molecule has 14 heavy (non-hydrogen) atoms. The van der Waals surface area contributed by atoms with Gasteiger partial charge >= 0.3 is 0 Å². The lowest BCUT2D eigenvalue weighted by atomic mass is 9.95. The van der Waals surface area contributed by atoms with Gasteiger partial charge in [0.1, 0.15) is 0 Å². The van der Waals surface area contributed by atoms with Crippen LogP contribution in [-0.2, 0) is 0 Å². The number of benzene rings is 1. The van der Waals surface area contributed by atoms with Gasteiger partial charge in [-0.1, -0.05) is 61.2 Å². The maximum absolute atomic E-state index is 3.77. The Morgan fingerprint density at radius 2 is 1.86 bits per heavy atom. The molecule has 1 aromatic rings. The van der Waals surface area contributed by atoms with Crippen LogP contribution in [0.2, 0.25) is 0 Å². The topological polar surface area (TPSA) is 0 Å². The van der Waals surface area contributed by atoms with E-state index in [2.05, 4.69) is 43.5 Å². The molecule has 0 aliphatic rings. The molecule has 0 aliphatic carbocycles. The van der Waals surface area contributed by atoms with E-state index >= 15 is 0 Å². The first kappa shape index (κ1) is 10.5. The summed E-state index contributed by atoms with van der Waals surface area (Å²) in [4.78, 5) is 0. The second-order valence-electron chi connectivity index (χ2n) is 3.16. The van der Waals surface area contributed by atoms with Crippen LogP contribution in [0, 0.1) is 0 Å². The molecule has 0 bridgehead atoms. The molecule has 72 valence electrons. The van der Waals surface area contributed by atoms with E-state index in [0.717, 1.165) is 6.42 Å². The Morgan fingerprint density at radius 1 is 1.14 bits per heavy atom. The molecule has 0 aliphatic heterocycles. The predicted molar refractivity (Wildman–Crippen MR) is 63.3 cm³/mol. The summed E-state index contributed by atoms with van der Waals surface area (Å²) in [6, 6.07) is 10.4. The third-order valence-corrected chi connectivity index (χ3v) is 2.13. The van der Waals surface area contributed by atoms with E-state index < -0.39 is 0 Å². The maximum Gasteiger partial charge on any atom is 0.00554 e. The standard InChI is InChI=1S/C14H16/c1-3-5-10-13(9-4-2)14-11-7-6-8-12-14/h3-8,10-13H,1-2,9H2/b10-5+/t13-/m0/s1. The maximum atomic E-state index is 3.77. The van der Waals surface area contributed by atoms with Crippen molar-refractivity contribution < 1.29 is 0 Å². The molecule has 0 radical (unpaired) electrons. The lowest BCUT2D eigenvalue weighted by Gasteiger charge is -2.09. The van der Waals surface area contributed by atoms with E-state index in [1.807, 2.05) is 18.2 Å². The van der Waals surface area contributed by atoms with Gasteiger partial charge in [0.05, 0.1) is 0 Å². The van der Waals surface area contributed by atoms with Crippen LogP contribution >= 0.6 is 0 Å². The minimum absolute atomic E-state index is 0.423. The molecule has 0 N–H and O–H groups in total. The van der Waals surface area contributed by atoms with Crippen LogP contribution < -0.4 is 0 Å². The van der Waals surface area contributed by atoms with Gasteiger partial charge in [0, 0.05) is 5.92 Å². The Bertz CT molecular complexity index is 306. The molecule has 1 rings (SSSR count). The van der Waals surface area contributed by atoms with Gasteiger partial charge in [-0.2, -0.15) is 0 Å². The fourth-order valence-electron chi connectivity index (χ4n) is 1.42. The molecular weight excluding hydrogens is 168 g/mol. The lowest BCUT2D eigenvalue weighted by Crippen LogP contribution is -1.92. The van der Waals surface area contributed by atoms with Crippen molar-refractivity contribution in [2.75, 3.05) is 0 Å². The monoisotopic (exact) mass is 184 g/mol. The first-order valence-corrected chi connectivity index (χ1v) is 4.83. The second kappa shape index (κ2) is 5.98. The largest absolute Gasteiger partial charge is 0.103 e. The fourth-order valence-corrected chi connectivity index (χ4v) is 1.42. The predicted octanol–water partition coefficient (Wildman–Crippen LogP) is 4.09. The summed E-state index contributed by atoms with van der Waals surface area (Å²) in [5.74, 6) is 0.423. The summed E-state index contributed by atoms with van der Waals surface area (Å²) in [6.45, 7) is 7.45. The molecular formula is C14H16. The van der Waals surface area contributed by atoms with Gasteiger partial charge in [0.2, 0.25) is 0 Å². The molecule has 0 fully saturated rings. The average molecular weight is 184 g/mol. The van der Waals surface area contributed by atoms with Gasteiger partial charge in [-0.25, -0.2) is 0 Å². The highest BCUT2D eigenvalue weighted by Crippen LogP contribution is 2.21. The third-order valence-electron chi connectivity index (χ3n) is 2.13.